The Morgan fingerprint density at radius 3 is 2.24 bits per heavy atom. The van der Waals surface area contributed by atoms with Crippen LogP contribution in [0.3, 0.4) is 0 Å². The van der Waals surface area contributed by atoms with Gasteiger partial charge in [-0.05, 0) is 45.8 Å². The number of nitrogens with zero attached hydrogens (tertiary/aromatic N) is 2. The van der Waals surface area contributed by atoms with Crippen LogP contribution in [0.4, 0.5) is 0 Å². The number of rotatable bonds is 7. The fourth-order valence-corrected chi connectivity index (χ4v) is 2.30. The molecule has 1 saturated heterocycles. The number of nitrogens with one attached hydrogen (secondary N) is 1. The van der Waals surface area contributed by atoms with E-state index in [9.17, 15) is 0 Å². The molecule has 0 radical (unpaired) electrons. The van der Waals surface area contributed by atoms with E-state index in [0.717, 1.165) is 25.0 Å². The lowest BCUT2D eigenvalue weighted by Gasteiger charge is -2.33. The molecule has 1 N–H and O–H groups in total. The van der Waals surface area contributed by atoms with Crippen molar-refractivity contribution in [2.24, 2.45) is 5.92 Å². The highest BCUT2D eigenvalue weighted by Crippen LogP contribution is 2.07. The molecule has 1 heterocycles. The summed E-state index contributed by atoms with van der Waals surface area (Å²) in [5, 5.41) is 3.42. The number of hydrogen-bond donors (Lipinski definition) is 1. The van der Waals surface area contributed by atoms with Crippen LogP contribution in [0.5, 0.6) is 0 Å². The van der Waals surface area contributed by atoms with Gasteiger partial charge in [-0.25, -0.2) is 0 Å². The van der Waals surface area contributed by atoms with Crippen LogP contribution in [0.2, 0.25) is 0 Å². The van der Waals surface area contributed by atoms with Crippen molar-refractivity contribution in [3.63, 3.8) is 0 Å². The Morgan fingerprint density at radius 2 is 1.65 bits per heavy atom. The Bertz CT molecular complexity index is 188. The minimum Gasteiger partial charge on any atom is -0.314 e. The van der Waals surface area contributed by atoms with Gasteiger partial charge in [0.15, 0.2) is 0 Å². The molecule has 0 aliphatic carbocycles. The summed E-state index contributed by atoms with van der Waals surface area (Å²) in [7, 11) is 2.26. The maximum Gasteiger partial charge on any atom is 0.0110 e. The second kappa shape index (κ2) is 8.06. The zero-order valence-corrected chi connectivity index (χ0v) is 12.2. The Labute approximate surface area is 108 Å². The Balaban J connectivity index is 2.11. The van der Waals surface area contributed by atoms with Gasteiger partial charge in [0, 0.05) is 32.2 Å². The van der Waals surface area contributed by atoms with E-state index in [1.54, 1.807) is 0 Å². The van der Waals surface area contributed by atoms with Crippen LogP contribution in [-0.4, -0.2) is 62.2 Å². The van der Waals surface area contributed by atoms with Gasteiger partial charge in [-0.2, -0.15) is 0 Å². The van der Waals surface area contributed by atoms with Gasteiger partial charge in [0.25, 0.3) is 0 Å². The topological polar surface area (TPSA) is 18.5 Å². The molecule has 1 atom stereocenters. The molecule has 0 aromatic heterocycles. The van der Waals surface area contributed by atoms with Crippen molar-refractivity contribution in [1.29, 1.82) is 0 Å². The van der Waals surface area contributed by atoms with Crippen molar-refractivity contribution >= 4 is 0 Å². The molecule has 1 fully saturated rings. The van der Waals surface area contributed by atoms with E-state index in [2.05, 4.69) is 42.9 Å². The lowest BCUT2D eigenvalue weighted by Crippen LogP contribution is -2.48. The van der Waals surface area contributed by atoms with E-state index in [1.807, 2.05) is 0 Å². The van der Waals surface area contributed by atoms with Gasteiger partial charge in [-0.1, -0.05) is 13.8 Å². The number of hydrogen-bond acceptors (Lipinski definition) is 3. The molecule has 3 heteroatoms. The fourth-order valence-electron chi connectivity index (χ4n) is 2.30. The SMILES string of the molecule is CC(C)CCN(C)CCC(C)N1CCNCC1. The van der Waals surface area contributed by atoms with Crippen LogP contribution < -0.4 is 5.32 Å². The third-order valence-corrected chi connectivity index (χ3v) is 3.79. The minimum atomic E-state index is 0.735. The molecule has 0 bridgehead atoms. The quantitative estimate of drug-likeness (QED) is 0.731. The van der Waals surface area contributed by atoms with Crippen molar-refractivity contribution in [3.8, 4) is 0 Å². The molecule has 0 spiro atoms. The van der Waals surface area contributed by atoms with Gasteiger partial charge in [0.2, 0.25) is 0 Å². The molecule has 1 unspecified atom stereocenters. The smallest absolute Gasteiger partial charge is 0.0110 e. The monoisotopic (exact) mass is 241 g/mol. The van der Waals surface area contributed by atoms with Gasteiger partial charge >= 0.3 is 0 Å². The van der Waals surface area contributed by atoms with Gasteiger partial charge in [-0.15, -0.1) is 0 Å². The van der Waals surface area contributed by atoms with Crippen LogP contribution in [0.15, 0.2) is 0 Å². The van der Waals surface area contributed by atoms with Gasteiger partial charge in [-0.3, -0.25) is 4.90 Å². The maximum atomic E-state index is 3.42. The van der Waals surface area contributed by atoms with E-state index in [4.69, 9.17) is 0 Å². The largest absolute Gasteiger partial charge is 0.314 e. The first-order valence-electron chi connectivity index (χ1n) is 7.23. The summed E-state index contributed by atoms with van der Waals surface area (Å²) < 4.78 is 0. The Morgan fingerprint density at radius 1 is 1.06 bits per heavy atom. The van der Waals surface area contributed by atoms with Crippen LogP contribution in [0.25, 0.3) is 0 Å². The zero-order chi connectivity index (χ0) is 12.7. The van der Waals surface area contributed by atoms with Crippen molar-refractivity contribution in [1.82, 2.24) is 15.1 Å². The Hall–Kier alpha value is -0.120. The first kappa shape index (κ1) is 14.9. The lowest BCUT2D eigenvalue weighted by atomic mass is 10.1. The highest BCUT2D eigenvalue weighted by molar-refractivity contribution is 4.74. The first-order valence-corrected chi connectivity index (χ1v) is 7.23. The Kier molecular flexibility index (Phi) is 7.09. The molecule has 1 aliphatic heterocycles. The highest BCUT2D eigenvalue weighted by Gasteiger charge is 2.16. The van der Waals surface area contributed by atoms with Crippen molar-refractivity contribution < 1.29 is 0 Å². The van der Waals surface area contributed by atoms with Gasteiger partial charge in [0.1, 0.15) is 0 Å². The van der Waals surface area contributed by atoms with Gasteiger partial charge < -0.3 is 10.2 Å². The molecule has 0 saturated carbocycles. The summed E-state index contributed by atoms with van der Waals surface area (Å²) in [5.74, 6) is 0.822. The van der Waals surface area contributed by atoms with Crippen LogP contribution >= 0.6 is 0 Å². The summed E-state index contributed by atoms with van der Waals surface area (Å²) in [6.07, 6.45) is 2.62. The summed E-state index contributed by atoms with van der Waals surface area (Å²) in [5.41, 5.74) is 0. The van der Waals surface area contributed by atoms with E-state index in [-0.39, 0.29) is 0 Å². The zero-order valence-electron chi connectivity index (χ0n) is 12.2. The highest BCUT2D eigenvalue weighted by atomic mass is 15.2. The summed E-state index contributed by atoms with van der Waals surface area (Å²) in [4.78, 5) is 5.10. The fraction of sp³-hybridized carbons (Fsp3) is 1.00. The molecule has 0 aromatic rings. The molecular weight excluding hydrogens is 210 g/mol. The van der Waals surface area contributed by atoms with E-state index in [1.165, 1.54) is 39.0 Å². The molecular formula is C14H31N3. The van der Waals surface area contributed by atoms with E-state index < -0.39 is 0 Å². The number of piperazine rings is 1. The van der Waals surface area contributed by atoms with Crippen LogP contribution in [0, 0.1) is 5.92 Å². The summed E-state index contributed by atoms with van der Waals surface area (Å²) in [6.45, 7) is 14.2. The second-order valence-corrected chi connectivity index (χ2v) is 5.91. The van der Waals surface area contributed by atoms with Gasteiger partial charge in [0.05, 0.1) is 0 Å². The maximum absolute atomic E-state index is 3.42. The third kappa shape index (κ3) is 6.39. The van der Waals surface area contributed by atoms with E-state index >= 15 is 0 Å². The molecule has 102 valence electrons. The summed E-state index contributed by atoms with van der Waals surface area (Å²) >= 11 is 0. The normalized spacial score (nSPS) is 20.1. The average molecular weight is 241 g/mol. The lowest BCUT2D eigenvalue weighted by molar-refractivity contribution is 0.162. The summed E-state index contributed by atoms with van der Waals surface area (Å²) in [6, 6.07) is 0.735. The minimum absolute atomic E-state index is 0.735. The standard InChI is InChI=1S/C14H31N3/c1-13(2)5-9-16(4)10-6-14(3)17-11-7-15-8-12-17/h13-15H,5-12H2,1-4H3. The third-order valence-electron chi connectivity index (χ3n) is 3.79. The molecule has 1 rings (SSSR count). The molecule has 17 heavy (non-hydrogen) atoms. The molecule has 1 aliphatic rings. The van der Waals surface area contributed by atoms with Crippen LogP contribution in [0.1, 0.15) is 33.6 Å². The average Bonchev–Trinajstić information content (AvgIpc) is 2.34. The van der Waals surface area contributed by atoms with Crippen molar-refractivity contribution in [3.05, 3.63) is 0 Å². The van der Waals surface area contributed by atoms with Crippen molar-refractivity contribution in [2.75, 3.05) is 46.3 Å². The van der Waals surface area contributed by atoms with E-state index in [0.29, 0.717) is 0 Å². The van der Waals surface area contributed by atoms with Crippen molar-refractivity contribution in [2.45, 2.75) is 39.7 Å². The first-order chi connectivity index (χ1) is 8.09. The molecule has 0 amide bonds. The second-order valence-electron chi connectivity index (χ2n) is 5.91. The predicted molar refractivity (Wildman–Crippen MR) is 75.5 cm³/mol. The van der Waals surface area contributed by atoms with Crippen LogP contribution in [-0.2, 0) is 0 Å². The molecule has 0 aromatic carbocycles. The predicted octanol–water partition coefficient (Wildman–Crippen LogP) is 1.65. The molecule has 3 nitrogen and oxygen atoms in total.